The van der Waals surface area contributed by atoms with Crippen molar-refractivity contribution >= 4 is 32.6 Å². The molecule has 0 radical (unpaired) electrons. The highest BCUT2D eigenvalue weighted by atomic mass is 14.7. The number of hydrogen-bond acceptors (Lipinski definition) is 0. The highest BCUT2D eigenvalue weighted by Crippen LogP contribution is 2.52. The van der Waals surface area contributed by atoms with Gasteiger partial charge in [-0.3, -0.25) is 0 Å². The molecule has 0 aliphatic heterocycles. The minimum atomic E-state index is -0.00172. The number of H-pyrrole nitrogens is 1. The molecule has 180 valence electrons. The lowest BCUT2D eigenvalue weighted by Crippen LogP contribution is -2.14. The van der Waals surface area contributed by atoms with E-state index < -0.39 is 0 Å². The van der Waals surface area contributed by atoms with Crippen LogP contribution in [0.2, 0.25) is 0 Å². The van der Waals surface area contributed by atoms with Crippen molar-refractivity contribution in [3.05, 3.63) is 132 Å². The monoisotopic (exact) mass is 485 g/mol. The fourth-order valence-corrected chi connectivity index (χ4v) is 6.76. The van der Waals surface area contributed by atoms with E-state index >= 15 is 0 Å². The molecule has 0 fully saturated rings. The number of fused-ring (bicyclic) bond motifs is 8. The van der Waals surface area contributed by atoms with Crippen molar-refractivity contribution in [3.8, 4) is 33.4 Å². The van der Waals surface area contributed by atoms with Crippen molar-refractivity contribution < 1.29 is 0 Å². The lowest BCUT2D eigenvalue weighted by molar-refractivity contribution is 0.660. The average molecular weight is 486 g/mol. The van der Waals surface area contributed by atoms with E-state index in [-0.39, 0.29) is 5.41 Å². The van der Waals surface area contributed by atoms with Gasteiger partial charge in [-0.25, -0.2) is 0 Å². The Hall–Kier alpha value is -4.62. The lowest BCUT2D eigenvalue weighted by atomic mass is 9.82. The first-order valence-corrected chi connectivity index (χ1v) is 13.4. The van der Waals surface area contributed by atoms with Crippen LogP contribution in [0.4, 0.5) is 0 Å². The Kier molecular flexibility index (Phi) is 4.35. The number of nitrogens with one attached hydrogen (secondary N) is 1. The summed E-state index contributed by atoms with van der Waals surface area (Å²) >= 11 is 0. The summed E-state index contributed by atoms with van der Waals surface area (Å²) < 4.78 is 0. The molecule has 1 nitrogen and oxygen atoms in total. The molecule has 1 aromatic heterocycles. The van der Waals surface area contributed by atoms with E-state index in [4.69, 9.17) is 0 Å². The van der Waals surface area contributed by atoms with Gasteiger partial charge in [0.1, 0.15) is 0 Å². The number of aromatic nitrogens is 1. The van der Waals surface area contributed by atoms with Gasteiger partial charge in [0.25, 0.3) is 0 Å². The fraction of sp³-hybridized carbons (Fsp3) is 0.0811. The van der Waals surface area contributed by atoms with Crippen molar-refractivity contribution in [1.82, 2.24) is 4.98 Å². The highest BCUT2D eigenvalue weighted by molar-refractivity contribution is 6.19. The molecule has 0 saturated carbocycles. The number of hydrogen-bond donors (Lipinski definition) is 1. The molecular formula is C37H27N. The van der Waals surface area contributed by atoms with Crippen LogP contribution in [-0.4, -0.2) is 4.98 Å². The van der Waals surface area contributed by atoms with E-state index in [1.165, 1.54) is 77.1 Å². The maximum atomic E-state index is 3.81. The van der Waals surface area contributed by atoms with Crippen LogP contribution in [0, 0.1) is 0 Å². The summed E-state index contributed by atoms with van der Waals surface area (Å²) in [6.45, 7) is 4.69. The summed E-state index contributed by atoms with van der Waals surface area (Å²) in [6.07, 6.45) is 0. The number of rotatable bonds is 2. The molecule has 7 aromatic rings. The van der Waals surface area contributed by atoms with Crippen LogP contribution in [0.1, 0.15) is 25.0 Å². The molecule has 6 aromatic carbocycles. The van der Waals surface area contributed by atoms with Gasteiger partial charge in [0, 0.05) is 27.1 Å². The molecule has 0 saturated heterocycles. The molecule has 38 heavy (non-hydrogen) atoms. The summed E-state index contributed by atoms with van der Waals surface area (Å²) in [6, 6.07) is 44.5. The number of para-hydroxylation sites is 1. The summed E-state index contributed by atoms with van der Waals surface area (Å²) in [4.78, 5) is 3.81. The minimum absolute atomic E-state index is 0.00172. The van der Waals surface area contributed by atoms with Crippen LogP contribution < -0.4 is 0 Å². The smallest absolute Gasteiger partial charge is 0.0544 e. The third kappa shape index (κ3) is 2.87. The molecule has 0 atom stereocenters. The SMILES string of the molecule is CC1(C)c2ccccc2-c2c(-c3cccc(-c4cccc5c4[nH]c4c6ccccc6ccc54)c3)cccc21. The molecule has 0 amide bonds. The third-order valence-electron chi connectivity index (χ3n) is 8.63. The molecule has 8 rings (SSSR count). The lowest BCUT2D eigenvalue weighted by Gasteiger charge is -2.21. The molecular weight excluding hydrogens is 458 g/mol. The Morgan fingerprint density at radius 3 is 2.03 bits per heavy atom. The first-order valence-electron chi connectivity index (χ1n) is 13.4. The Labute approximate surface area is 222 Å². The number of aromatic amines is 1. The van der Waals surface area contributed by atoms with Crippen LogP contribution in [0.3, 0.4) is 0 Å². The minimum Gasteiger partial charge on any atom is -0.353 e. The highest BCUT2D eigenvalue weighted by Gasteiger charge is 2.36. The van der Waals surface area contributed by atoms with Crippen LogP contribution >= 0.6 is 0 Å². The van der Waals surface area contributed by atoms with Crippen LogP contribution in [0.15, 0.2) is 121 Å². The van der Waals surface area contributed by atoms with Gasteiger partial charge >= 0.3 is 0 Å². The summed E-state index contributed by atoms with van der Waals surface area (Å²) in [5.41, 5.74) is 13.0. The van der Waals surface area contributed by atoms with E-state index in [0.29, 0.717) is 0 Å². The van der Waals surface area contributed by atoms with Gasteiger partial charge in [-0.15, -0.1) is 0 Å². The van der Waals surface area contributed by atoms with E-state index in [1.54, 1.807) is 0 Å². The van der Waals surface area contributed by atoms with Gasteiger partial charge in [0.05, 0.1) is 11.0 Å². The van der Waals surface area contributed by atoms with E-state index in [9.17, 15) is 0 Å². The van der Waals surface area contributed by atoms with E-state index in [2.05, 4.69) is 140 Å². The zero-order valence-electron chi connectivity index (χ0n) is 21.5. The summed E-state index contributed by atoms with van der Waals surface area (Å²) in [5, 5.41) is 5.07. The Morgan fingerprint density at radius 2 is 1.11 bits per heavy atom. The van der Waals surface area contributed by atoms with Gasteiger partial charge in [-0.05, 0) is 50.4 Å². The van der Waals surface area contributed by atoms with E-state index in [0.717, 1.165) is 0 Å². The van der Waals surface area contributed by atoms with Gasteiger partial charge in [0.2, 0.25) is 0 Å². The molecule has 0 bridgehead atoms. The molecule has 0 unspecified atom stereocenters. The predicted molar refractivity (Wildman–Crippen MR) is 162 cm³/mol. The Balaban J connectivity index is 1.34. The van der Waals surface area contributed by atoms with Crippen LogP contribution in [0.5, 0.6) is 0 Å². The van der Waals surface area contributed by atoms with Crippen LogP contribution in [-0.2, 0) is 5.41 Å². The molecule has 1 aliphatic rings. The second-order valence-electron chi connectivity index (χ2n) is 11.0. The molecule has 0 spiro atoms. The standard InChI is InChI=1S/C37H27N/c1-37(2)32-18-6-5-14-31(32)34-26(15-9-19-33(34)37)24-11-7-12-25(22-24)28-16-8-17-29-30-21-20-23-10-3-4-13-27(23)35(30)38-36(28)29/h3-22,38H,1-2H3. The summed E-state index contributed by atoms with van der Waals surface area (Å²) in [7, 11) is 0. The number of benzene rings is 6. The second-order valence-corrected chi connectivity index (χ2v) is 11.0. The van der Waals surface area contributed by atoms with Crippen LogP contribution in [0.25, 0.3) is 66.0 Å². The quantitative estimate of drug-likeness (QED) is 0.251. The van der Waals surface area contributed by atoms with Crippen molar-refractivity contribution in [2.45, 2.75) is 19.3 Å². The normalized spacial score (nSPS) is 13.7. The first kappa shape index (κ1) is 21.5. The van der Waals surface area contributed by atoms with Gasteiger partial charge in [-0.2, -0.15) is 0 Å². The molecule has 1 heterocycles. The zero-order valence-corrected chi connectivity index (χ0v) is 21.5. The van der Waals surface area contributed by atoms with Gasteiger partial charge in [-0.1, -0.05) is 129 Å². The Morgan fingerprint density at radius 1 is 0.474 bits per heavy atom. The third-order valence-corrected chi connectivity index (χ3v) is 8.63. The fourth-order valence-electron chi connectivity index (χ4n) is 6.76. The van der Waals surface area contributed by atoms with Gasteiger partial charge in [0.15, 0.2) is 0 Å². The first-order chi connectivity index (χ1) is 18.6. The molecule has 1 aliphatic carbocycles. The zero-order chi connectivity index (χ0) is 25.4. The Bertz CT molecular complexity index is 2050. The van der Waals surface area contributed by atoms with Crippen molar-refractivity contribution in [2.24, 2.45) is 0 Å². The maximum Gasteiger partial charge on any atom is 0.0544 e. The molecule has 1 N–H and O–H groups in total. The van der Waals surface area contributed by atoms with E-state index in [1.807, 2.05) is 0 Å². The maximum absolute atomic E-state index is 3.81. The summed E-state index contributed by atoms with van der Waals surface area (Å²) in [5.74, 6) is 0. The van der Waals surface area contributed by atoms with Gasteiger partial charge < -0.3 is 4.98 Å². The van der Waals surface area contributed by atoms with Crippen molar-refractivity contribution in [2.75, 3.05) is 0 Å². The second kappa shape index (κ2) is 7.69. The average Bonchev–Trinajstić information content (AvgIpc) is 3.46. The predicted octanol–water partition coefficient (Wildman–Crippen LogP) is 10.1. The topological polar surface area (TPSA) is 15.8 Å². The van der Waals surface area contributed by atoms with Crippen molar-refractivity contribution in [3.63, 3.8) is 0 Å². The largest absolute Gasteiger partial charge is 0.353 e. The molecule has 1 heteroatoms. The van der Waals surface area contributed by atoms with Crippen molar-refractivity contribution in [1.29, 1.82) is 0 Å².